The molecule has 0 unspecified atom stereocenters. The molecule has 0 aliphatic carbocycles. The van der Waals surface area contributed by atoms with Crippen molar-refractivity contribution in [2.75, 3.05) is 5.32 Å². The first-order chi connectivity index (χ1) is 11.0. The van der Waals surface area contributed by atoms with Gasteiger partial charge in [0.05, 0.1) is 16.8 Å². The second kappa shape index (κ2) is 7.38. The average Bonchev–Trinajstić information content (AvgIpc) is 2.55. The molecule has 6 nitrogen and oxygen atoms in total. The molecule has 1 amide bonds. The van der Waals surface area contributed by atoms with Crippen LogP contribution >= 0.6 is 11.6 Å². The van der Waals surface area contributed by atoms with E-state index in [9.17, 15) is 9.59 Å². The summed E-state index contributed by atoms with van der Waals surface area (Å²) in [4.78, 5) is 27.7. The lowest BCUT2D eigenvalue weighted by Gasteiger charge is -2.14. The Labute approximate surface area is 137 Å². The van der Waals surface area contributed by atoms with Crippen molar-refractivity contribution in [1.29, 1.82) is 5.26 Å². The summed E-state index contributed by atoms with van der Waals surface area (Å²) in [6, 6.07) is 11.4. The number of esters is 1. The van der Waals surface area contributed by atoms with E-state index in [1.807, 2.05) is 6.07 Å². The van der Waals surface area contributed by atoms with Gasteiger partial charge in [-0.2, -0.15) is 5.26 Å². The molecular weight excluding hydrogens is 318 g/mol. The Bertz CT molecular complexity index is 769. The topological polar surface area (TPSA) is 92.1 Å². The van der Waals surface area contributed by atoms with Gasteiger partial charge in [-0.05, 0) is 31.2 Å². The van der Waals surface area contributed by atoms with Crippen LogP contribution in [-0.4, -0.2) is 23.0 Å². The van der Waals surface area contributed by atoms with Gasteiger partial charge in [0.25, 0.3) is 5.91 Å². The number of carbonyl (C=O) groups excluding carboxylic acids is 2. The zero-order valence-electron chi connectivity index (χ0n) is 12.1. The summed E-state index contributed by atoms with van der Waals surface area (Å²) in [6.45, 7) is 1.44. The number of aromatic nitrogens is 1. The first-order valence-corrected chi connectivity index (χ1v) is 7.01. The number of hydrogen-bond acceptors (Lipinski definition) is 5. The summed E-state index contributed by atoms with van der Waals surface area (Å²) < 4.78 is 5.07. The van der Waals surface area contributed by atoms with Gasteiger partial charge in [0, 0.05) is 6.20 Å². The van der Waals surface area contributed by atoms with Crippen LogP contribution < -0.4 is 5.32 Å². The third kappa shape index (κ3) is 4.28. The van der Waals surface area contributed by atoms with Gasteiger partial charge in [-0.15, -0.1) is 0 Å². The predicted molar refractivity (Wildman–Crippen MR) is 83.9 cm³/mol. The molecule has 0 radical (unpaired) electrons. The molecule has 23 heavy (non-hydrogen) atoms. The lowest BCUT2D eigenvalue weighted by molar-refractivity contribution is -0.123. The molecule has 0 saturated carbocycles. The molecule has 0 spiro atoms. The Hall–Kier alpha value is -2.91. The van der Waals surface area contributed by atoms with Gasteiger partial charge < -0.3 is 10.1 Å². The Morgan fingerprint density at radius 2 is 2.04 bits per heavy atom. The molecule has 116 valence electrons. The molecule has 1 heterocycles. The number of hydrogen-bond donors (Lipinski definition) is 1. The normalized spacial score (nSPS) is 11.2. The summed E-state index contributed by atoms with van der Waals surface area (Å²) in [7, 11) is 0. The third-order valence-corrected chi connectivity index (χ3v) is 3.15. The first kappa shape index (κ1) is 16.5. The van der Waals surface area contributed by atoms with E-state index in [1.165, 1.54) is 25.3 Å². The number of carbonyl (C=O) groups is 2. The average molecular weight is 330 g/mol. The van der Waals surface area contributed by atoms with E-state index in [0.717, 1.165) is 0 Å². The highest BCUT2D eigenvalue weighted by molar-refractivity contribution is 6.29. The SMILES string of the molecule is C[C@@H](OC(=O)c1ccc(Cl)nc1)C(=O)Nc1ccccc1C#N. The molecule has 0 fully saturated rings. The fraction of sp³-hybridized carbons (Fsp3) is 0.125. The number of amides is 1. The van der Waals surface area contributed by atoms with E-state index in [0.29, 0.717) is 11.3 Å². The van der Waals surface area contributed by atoms with Gasteiger partial charge in [0.15, 0.2) is 6.10 Å². The largest absolute Gasteiger partial charge is 0.449 e. The first-order valence-electron chi connectivity index (χ1n) is 6.64. The number of anilines is 1. The number of nitriles is 1. The van der Waals surface area contributed by atoms with E-state index in [-0.39, 0.29) is 10.7 Å². The fourth-order valence-electron chi connectivity index (χ4n) is 1.70. The molecule has 2 rings (SSSR count). The lowest BCUT2D eigenvalue weighted by atomic mass is 10.2. The number of nitrogens with zero attached hydrogens (tertiary/aromatic N) is 2. The molecule has 0 aliphatic heterocycles. The molecule has 7 heteroatoms. The quantitative estimate of drug-likeness (QED) is 0.687. The van der Waals surface area contributed by atoms with Crippen LogP contribution in [0.15, 0.2) is 42.6 Å². The second-order valence-corrected chi connectivity index (χ2v) is 4.95. The lowest BCUT2D eigenvalue weighted by Crippen LogP contribution is -2.30. The predicted octanol–water partition coefficient (Wildman–Crippen LogP) is 2.79. The second-order valence-electron chi connectivity index (χ2n) is 4.56. The van der Waals surface area contributed by atoms with Crippen molar-refractivity contribution in [2.24, 2.45) is 0 Å². The van der Waals surface area contributed by atoms with Crippen LogP contribution in [0.2, 0.25) is 5.15 Å². The molecule has 1 aromatic carbocycles. The van der Waals surface area contributed by atoms with Crippen molar-refractivity contribution < 1.29 is 14.3 Å². The number of pyridine rings is 1. The van der Waals surface area contributed by atoms with Crippen LogP contribution in [-0.2, 0) is 9.53 Å². The maximum Gasteiger partial charge on any atom is 0.340 e. The number of halogens is 1. The summed E-state index contributed by atoms with van der Waals surface area (Å²) in [5.41, 5.74) is 0.865. The van der Waals surface area contributed by atoms with E-state index in [2.05, 4.69) is 10.3 Å². The fourth-order valence-corrected chi connectivity index (χ4v) is 1.81. The Morgan fingerprint density at radius 1 is 1.30 bits per heavy atom. The molecule has 0 bridgehead atoms. The van der Waals surface area contributed by atoms with Crippen LogP contribution in [0.1, 0.15) is 22.8 Å². The minimum absolute atomic E-state index is 0.187. The van der Waals surface area contributed by atoms with E-state index in [1.54, 1.807) is 24.3 Å². The highest BCUT2D eigenvalue weighted by Gasteiger charge is 2.20. The maximum atomic E-state index is 12.1. The van der Waals surface area contributed by atoms with Gasteiger partial charge in [0.2, 0.25) is 0 Å². The van der Waals surface area contributed by atoms with Crippen molar-refractivity contribution in [1.82, 2.24) is 4.98 Å². The molecule has 1 aromatic heterocycles. The van der Waals surface area contributed by atoms with Gasteiger partial charge in [0.1, 0.15) is 11.2 Å². The van der Waals surface area contributed by atoms with Crippen LogP contribution in [0.4, 0.5) is 5.69 Å². The highest BCUT2D eigenvalue weighted by Crippen LogP contribution is 2.14. The third-order valence-electron chi connectivity index (χ3n) is 2.92. The molecule has 2 aromatic rings. The number of nitrogens with one attached hydrogen (secondary N) is 1. The summed E-state index contributed by atoms with van der Waals surface area (Å²) >= 11 is 5.64. The Balaban J connectivity index is 2.01. The number of benzene rings is 1. The van der Waals surface area contributed by atoms with Gasteiger partial charge in [-0.3, -0.25) is 4.79 Å². The minimum Gasteiger partial charge on any atom is -0.449 e. The van der Waals surface area contributed by atoms with Crippen LogP contribution in [0.3, 0.4) is 0 Å². The molecule has 0 aliphatic rings. The van der Waals surface area contributed by atoms with Crippen LogP contribution in [0, 0.1) is 11.3 Å². The van der Waals surface area contributed by atoms with Crippen LogP contribution in [0.5, 0.6) is 0 Å². The number of rotatable bonds is 4. The van der Waals surface area contributed by atoms with Crippen molar-refractivity contribution in [2.45, 2.75) is 13.0 Å². The summed E-state index contributed by atoms with van der Waals surface area (Å²) in [5, 5.41) is 11.8. The van der Waals surface area contributed by atoms with Crippen molar-refractivity contribution >= 4 is 29.2 Å². The maximum absolute atomic E-state index is 12.1. The molecule has 0 saturated heterocycles. The van der Waals surface area contributed by atoms with Gasteiger partial charge >= 0.3 is 5.97 Å². The van der Waals surface area contributed by atoms with Gasteiger partial charge in [-0.1, -0.05) is 23.7 Å². The number of para-hydroxylation sites is 1. The van der Waals surface area contributed by atoms with Crippen molar-refractivity contribution in [3.8, 4) is 6.07 Å². The number of ether oxygens (including phenoxy) is 1. The molecule has 1 atom stereocenters. The van der Waals surface area contributed by atoms with E-state index < -0.39 is 18.0 Å². The highest BCUT2D eigenvalue weighted by atomic mass is 35.5. The van der Waals surface area contributed by atoms with E-state index >= 15 is 0 Å². The molecule has 1 N–H and O–H groups in total. The monoisotopic (exact) mass is 329 g/mol. The zero-order chi connectivity index (χ0) is 16.8. The van der Waals surface area contributed by atoms with E-state index in [4.69, 9.17) is 21.6 Å². The standard InChI is InChI=1S/C16H12ClN3O3/c1-10(23-16(22)12-6-7-14(17)19-9-12)15(21)20-13-5-3-2-4-11(13)8-18/h2-7,9-10H,1H3,(H,20,21)/t10-/m1/s1. The smallest absolute Gasteiger partial charge is 0.340 e. The van der Waals surface area contributed by atoms with Crippen LogP contribution in [0.25, 0.3) is 0 Å². The Kier molecular flexibility index (Phi) is 5.28. The molecular formula is C16H12ClN3O3. The zero-order valence-corrected chi connectivity index (χ0v) is 12.9. The van der Waals surface area contributed by atoms with Crippen molar-refractivity contribution in [3.63, 3.8) is 0 Å². The Morgan fingerprint density at radius 3 is 2.70 bits per heavy atom. The minimum atomic E-state index is -1.04. The van der Waals surface area contributed by atoms with Gasteiger partial charge in [-0.25, -0.2) is 9.78 Å². The van der Waals surface area contributed by atoms with Crippen molar-refractivity contribution in [3.05, 3.63) is 58.9 Å². The summed E-state index contributed by atoms with van der Waals surface area (Å²) in [6.07, 6.45) is 0.227. The summed E-state index contributed by atoms with van der Waals surface area (Å²) in [5.74, 6) is -1.23.